The molecule has 1 aromatic carbocycles. The van der Waals surface area contributed by atoms with Gasteiger partial charge in [0, 0.05) is 17.5 Å². The normalized spacial score (nSPS) is 12.1. The summed E-state index contributed by atoms with van der Waals surface area (Å²) in [6.45, 7) is 5.17. The smallest absolute Gasteiger partial charge is 0.163 e. The van der Waals surface area contributed by atoms with Crippen LogP contribution in [0.2, 0.25) is 0 Å². The summed E-state index contributed by atoms with van der Waals surface area (Å²) in [5.74, 6) is 1.01. The Kier molecular flexibility index (Phi) is 5.63. The molecule has 0 fully saturated rings. The molecular weight excluding hydrogens is 236 g/mol. The summed E-state index contributed by atoms with van der Waals surface area (Å²) < 4.78 is 0. The summed E-state index contributed by atoms with van der Waals surface area (Å²) in [6.07, 6.45) is 0. The SMILES string of the molecule is Cc1cccc(C(C)SCCNC(N)=S)c1. The first-order valence-corrected chi connectivity index (χ1v) is 6.77. The van der Waals surface area contributed by atoms with Crippen molar-refractivity contribution in [1.29, 1.82) is 0 Å². The van der Waals surface area contributed by atoms with E-state index in [9.17, 15) is 0 Å². The molecule has 1 rings (SSSR count). The fourth-order valence-electron chi connectivity index (χ4n) is 1.43. The van der Waals surface area contributed by atoms with E-state index in [1.165, 1.54) is 11.1 Å². The van der Waals surface area contributed by atoms with Crippen LogP contribution < -0.4 is 11.1 Å². The van der Waals surface area contributed by atoms with Crippen LogP contribution in [0.3, 0.4) is 0 Å². The standard InChI is InChI=1S/C12H18N2S2/c1-9-4-3-5-11(8-9)10(2)16-7-6-14-12(13)15/h3-5,8,10H,6-7H2,1-2H3,(H3,13,14,15). The van der Waals surface area contributed by atoms with E-state index in [0.717, 1.165) is 12.3 Å². The molecule has 0 heterocycles. The molecule has 1 aromatic rings. The van der Waals surface area contributed by atoms with Crippen LogP contribution in [-0.2, 0) is 0 Å². The molecule has 88 valence electrons. The van der Waals surface area contributed by atoms with Gasteiger partial charge in [0.05, 0.1) is 0 Å². The lowest BCUT2D eigenvalue weighted by Gasteiger charge is -2.12. The Balaban J connectivity index is 2.35. The third kappa shape index (κ3) is 4.86. The number of aryl methyl sites for hydroxylation is 1. The molecule has 4 heteroatoms. The van der Waals surface area contributed by atoms with E-state index in [0.29, 0.717) is 10.4 Å². The summed E-state index contributed by atoms with van der Waals surface area (Å²) in [7, 11) is 0. The fraction of sp³-hybridized carbons (Fsp3) is 0.417. The molecule has 0 radical (unpaired) electrons. The zero-order chi connectivity index (χ0) is 12.0. The first-order chi connectivity index (χ1) is 7.59. The monoisotopic (exact) mass is 254 g/mol. The summed E-state index contributed by atoms with van der Waals surface area (Å²) in [5, 5.41) is 3.84. The van der Waals surface area contributed by atoms with Gasteiger partial charge < -0.3 is 11.1 Å². The van der Waals surface area contributed by atoms with Crippen molar-refractivity contribution in [3.63, 3.8) is 0 Å². The molecule has 2 nitrogen and oxygen atoms in total. The quantitative estimate of drug-likeness (QED) is 0.626. The number of thiocarbonyl (C=S) groups is 1. The molecule has 0 bridgehead atoms. The summed E-state index contributed by atoms with van der Waals surface area (Å²) in [4.78, 5) is 0. The topological polar surface area (TPSA) is 38.0 Å². The molecule has 3 N–H and O–H groups in total. The van der Waals surface area contributed by atoms with E-state index in [-0.39, 0.29) is 0 Å². The second-order valence-corrected chi connectivity index (χ2v) is 5.61. The van der Waals surface area contributed by atoms with Crippen LogP contribution in [0.15, 0.2) is 24.3 Å². The number of hydrogen-bond donors (Lipinski definition) is 2. The van der Waals surface area contributed by atoms with Crippen molar-refractivity contribution < 1.29 is 0 Å². The van der Waals surface area contributed by atoms with Crippen LogP contribution in [0.1, 0.15) is 23.3 Å². The van der Waals surface area contributed by atoms with Gasteiger partial charge in [0.25, 0.3) is 0 Å². The third-order valence-corrected chi connectivity index (χ3v) is 3.64. The number of benzene rings is 1. The molecule has 0 aromatic heterocycles. The van der Waals surface area contributed by atoms with Gasteiger partial charge in [-0.25, -0.2) is 0 Å². The lowest BCUT2D eigenvalue weighted by atomic mass is 10.1. The van der Waals surface area contributed by atoms with Crippen LogP contribution >= 0.6 is 24.0 Å². The maximum Gasteiger partial charge on any atom is 0.163 e. The Labute approximate surface area is 107 Å². The van der Waals surface area contributed by atoms with E-state index in [1.807, 2.05) is 11.8 Å². The lowest BCUT2D eigenvalue weighted by Crippen LogP contribution is -2.30. The Morgan fingerprint density at radius 3 is 2.94 bits per heavy atom. The minimum atomic E-state index is 0.379. The van der Waals surface area contributed by atoms with Gasteiger partial charge in [-0.05, 0) is 31.6 Å². The Hall–Kier alpha value is -0.740. The molecule has 0 aliphatic rings. The van der Waals surface area contributed by atoms with Crippen LogP contribution in [0, 0.1) is 6.92 Å². The van der Waals surface area contributed by atoms with Crippen molar-refractivity contribution in [2.24, 2.45) is 5.73 Å². The number of nitrogens with two attached hydrogens (primary N) is 1. The van der Waals surface area contributed by atoms with Gasteiger partial charge in [-0.2, -0.15) is 11.8 Å². The number of nitrogens with one attached hydrogen (secondary N) is 1. The highest BCUT2D eigenvalue weighted by molar-refractivity contribution is 7.99. The van der Waals surface area contributed by atoms with E-state index >= 15 is 0 Å². The van der Waals surface area contributed by atoms with E-state index < -0.39 is 0 Å². The number of thioether (sulfide) groups is 1. The first-order valence-electron chi connectivity index (χ1n) is 5.31. The van der Waals surface area contributed by atoms with Gasteiger partial charge in [-0.15, -0.1) is 0 Å². The van der Waals surface area contributed by atoms with Gasteiger partial charge in [-0.3, -0.25) is 0 Å². The second-order valence-electron chi connectivity index (χ2n) is 3.72. The van der Waals surface area contributed by atoms with Gasteiger partial charge in [0.15, 0.2) is 5.11 Å². The summed E-state index contributed by atoms with van der Waals surface area (Å²) in [5.41, 5.74) is 8.04. The minimum Gasteiger partial charge on any atom is -0.376 e. The van der Waals surface area contributed by atoms with Crippen molar-refractivity contribution >= 4 is 29.1 Å². The number of rotatable bonds is 5. The molecular formula is C12H18N2S2. The Morgan fingerprint density at radius 2 is 2.31 bits per heavy atom. The van der Waals surface area contributed by atoms with Crippen molar-refractivity contribution in [2.75, 3.05) is 12.3 Å². The highest BCUT2D eigenvalue weighted by Gasteiger charge is 2.05. The molecule has 16 heavy (non-hydrogen) atoms. The Bertz CT molecular complexity index is 353. The fourth-order valence-corrected chi connectivity index (χ4v) is 2.44. The van der Waals surface area contributed by atoms with E-state index in [2.05, 4.69) is 43.4 Å². The predicted molar refractivity (Wildman–Crippen MR) is 76.8 cm³/mol. The molecule has 0 saturated heterocycles. The summed E-state index contributed by atoms with van der Waals surface area (Å²) in [6, 6.07) is 8.63. The number of hydrogen-bond acceptors (Lipinski definition) is 2. The van der Waals surface area contributed by atoms with Gasteiger partial charge >= 0.3 is 0 Å². The zero-order valence-electron chi connectivity index (χ0n) is 9.69. The molecule has 0 amide bonds. The van der Waals surface area contributed by atoms with E-state index in [4.69, 9.17) is 18.0 Å². The van der Waals surface area contributed by atoms with Crippen LogP contribution in [-0.4, -0.2) is 17.4 Å². The van der Waals surface area contributed by atoms with Crippen molar-refractivity contribution in [1.82, 2.24) is 5.32 Å². The molecule has 1 unspecified atom stereocenters. The van der Waals surface area contributed by atoms with Gasteiger partial charge in [0.1, 0.15) is 0 Å². The lowest BCUT2D eigenvalue weighted by molar-refractivity contribution is 0.975. The van der Waals surface area contributed by atoms with E-state index in [1.54, 1.807) is 0 Å². The Morgan fingerprint density at radius 1 is 1.56 bits per heavy atom. The van der Waals surface area contributed by atoms with Crippen molar-refractivity contribution in [2.45, 2.75) is 19.1 Å². The van der Waals surface area contributed by atoms with Crippen LogP contribution in [0.25, 0.3) is 0 Å². The van der Waals surface area contributed by atoms with Crippen LogP contribution in [0.5, 0.6) is 0 Å². The molecule has 0 aliphatic heterocycles. The van der Waals surface area contributed by atoms with Crippen molar-refractivity contribution in [3.8, 4) is 0 Å². The largest absolute Gasteiger partial charge is 0.376 e. The van der Waals surface area contributed by atoms with Gasteiger partial charge in [-0.1, -0.05) is 29.8 Å². The van der Waals surface area contributed by atoms with Crippen molar-refractivity contribution in [3.05, 3.63) is 35.4 Å². The predicted octanol–water partition coefficient (Wildman–Crippen LogP) is 2.62. The maximum absolute atomic E-state index is 5.35. The first kappa shape index (κ1) is 13.3. The van der Waals surface area contributed by atoms with Crippen LogP contribution in [0.4, 0.5) is 0 Å². The second kappa shape index (κ2) is 6.76. The minimum absolute atomic E-state index is 0.379. The summed E-state index contributed by atoms with van der Waals surface area (Å²) >= 11 is 6.65. The molecule has 0 spiro atoms. The third-order valence-electron chi connectivity index (χ3n) is 2.28. The molecule has 1 atom stereocenters. The molecule has 0 aliphatic carbocycles. The average molecular weight is 254 g/mol. The highest BCUT2D eigenvalue weighted by Crippen LogP contribution is 2.27. The highest BCUT2D eigenvalue weighted by atomic mass is 32.2. The van der Waals surface area contributed by atoms with Gasteiger partial charge in [0.2, 0.25) is 0 Å². The zero-order valence-corrected chi connectivity index (χ0v) is 11.3. The molecule has 0 saturated carbocycles. The average Bonchev–Trinajstić information content (AvgIpc) is 2.24. The maximum atomic E-state index is 5.35.